The van der Waals surface area contributed by atoms with E-state index in [-0.39, 0.29) is 0 Å². The third-order valence-electron chi connectivity index (χ3n) is 20.9. The van der Waals surface area contributed by atoms with Gasteiger partial charge in [-0.1, -0.05) is 272 Å². The Balaban J connectivity index is 0.996. The van der Waals surface area contributed by atoms with E-state index < -0.39 is 21.7 Å². The number of benzene rings is 16. The van der Waals surface area contributed by atoms with Crippen molar-refractivity contribution < 1.29 is 0 Å². The first-order valence-electron chi connectivity index (χ1n) is 31.3. The first-order valence-corrected chi connectivity index (χ1v) is 31.3. The Hall–Kier alpha value is -10.3. The van der Waals surface area contributed by atoms with Crippen LogP contribution in [0.25, 0.3) is 108 Å². The minimum absolute atomic E-state index is 0.433. The molecule has 2 heteroatoms. The molecule has 2 aliphatic carbocycles. The number of hydrogen-bond donors (Lipinski definition) is 0. The molecular weight excluding hydrogens is 1060 g/mol. The summed E-state index contributed by atoms with van der Waals surface area (Å²) >= 11 is 0. The highest BCUT2D eigenvalue weighted by molar-refractivity contribution is 6.28. The minimum Gasteiger partial charge on any atom is -0.309 e. The van der Waals surface area contributed by atoms with Crippen molar-refractivity contribution in [3.63, 3.8) is 0 Å². The summed E-state index contributed by atoms with van der Waals surface area (Å²) in [6.45, 7) is 15.3. The molecule has 418 valence electrons. The van der Waals surface area contributed by atoms with Gasteiger partial charge >= 0.3 is 0 Å². The molecule has 0 N–H and O–H groups in total. The number of hydrogen-bond acceptors (Lipinski definition) is 2. The van der Waals surface area contributed by atoms with Gasteiger partial charge in [-0.2, -0.15) is 0 Å². The maximum absolute atomic E-state index is 2.69. The van der Waals surface area contributed by atoms with Gasteiger partial charge in [0, 0.05) is 43.7 Å². The second kappa shape index (κ2) is 18.1. The zero-order chi connectivity index (χ0) is 59.0. The van der Waals surface area contributed by atoms with Crippen LogP contribution in [0.15, 0.2) is 279 Å². The van der Waals surface area contributed by atoms with Crippen LogP contribution < -0.4 is 9.80 Å². The average molecular weight is 1130 g/mol. The predicted molar refractivity (Wildman–Crippen MR) is 376 cm³/mol. The first kappa shape index (κ1) is 51.0. The van der Waals surface area contributed by atoms with Crippen molar-refractivity contribution in [1.82, 2.24) is 0 Å². The van der Waals surface area contributed by atoms with Crippen LogP contribution in [0.5, 0.6) is 0 Å². The van der Waals surface area contributed by atoms with Gasteiger partial charge in [0.05, 0.1) is 22.7 Å². The summed E-state index contributed by atoms with van der Waals surface area (Å²) in [4.78, 5) is 5.20. The number of fused-ring (bicyclic) bond motifs is 10. The van der Waals surface area contributed by atoms with E-state index in [1.54, 1.807) is 0 Å². The second-order valence-electron chi connectivity index (χ2n) is 27.0. The van der Waals surface area contributed by atoms with Gasteiger partial charge in [0.15, 0.2) is 0 Å². The zero-order valence-electron chi connectivity index (χ0n) is 50.5. The smallest absolute Gasteiger partial charge is 0.0543 e. The summed E-state index contributed by atoms with van der Waals surface area (Å²) in [6.07, 6.45) is 0. The highest BCUT2D eigenvalue weighted by Gasteiger charge is 2.71. The van der Waals surface area contributed by atoms with Crippen molar-refractivity contribution in [3.05, 3.63) is 301 Å². The molecule has 0 aromatic heterocycles. The van der Waals surface area contributed by atoms with Gasteiger partial charge in [0.1, 0.15) is 0 Å². The predicted octanol–water partition coefficient (Wildman–Crippen LogP) is 24.1. The maximum Gasteiger partial charge on any atom is 0.0543 e. The number of para-hydroxylation sites is 2. The summed E-state index contributed by atoms with van der Waals surface area (Å²) < 4.78 is 0. The average Bonchev–Trinajstić information content (AvgIpc) is 1.44. The van der Waals surface area contributed by atoms with Gasteiger partial charge in [-0.05, 0) is 169 Å². The van der Waals surface area contributed by atoms with Crippen LogP contribution in [-0.4, -0.2) is 0 Å². The van der Waals surface area contributed by atoms with E-state index in [9.17, 15) is 0 Å². The molecule has 16 aromatic carbocycles. The largest absolute Gasteiger partial charge is 0.309 e. The lowest BCUT2D eigenvalue weighted by atomic mass is 9.39. The molecule has 0 fully saturated rings. The van der Waals surface area contributed by atoms with E-state index in [1.165, 1.54) is 131 Å². The normalized spacial score (nSPS) is 16.4. The third kappa shape index (κ3) is 6.52. The number of anilines is 6. The summed E-state index contributed by atoms with van der Waals surface area (Å²) in [7, 11) is 0. The molecule has 0 heterocycles. The Morgan fingerprint density at radius 1 is 0.239 bits per heavy atom. The van der Waals surface area contributed by atoms with E-state index in [1.807, 2.05) is 0 Å². The van der Waals surface area contributed by atoms with Gasteiger partial charge in [-0.3, -0.25) is 0 Å². The molecule has 0 saturated heterocycles. The van der Waals surface area contributed by atoms with Crippen molar-refractivity contribution in [1.29, 1.82) is 0 Å². The Labute approximate surface area is 513 Å². The molecule has 0 aliphatic heterocycles. The van der Waals surface area contributed by atoms with E-state index in [0.29, 0.717) is 0 Å². The molecule has 88 heavy (non-hydrogen) atoms. The van der Waals surface area contributed by atoms with Crippen LogP contribution in [0.4, 0.5) is 34.1 Å². The van der Waals surface area contributed by atoms with Gasteiger partial charge in [0.2, 0.25) is 0 Å². The fourth-order valence-electron chi connectivity index (χ4n) is 17.9. The van der Waals surface area contributed by atoms with Gasteiger partial charge in [0.25, 0.3) is 0 Å². The zero-order valence-corrected chi connectivity index (χ0v) is 50.5. The molecule has 0 saturated carbocycles. The molecule has 0 bridgehead atoms. The van der Waals surface area contributed by atoms with E-state index in [4.69, 9.17) is 0 Å². The number of nitrogens with zero attached hydrogens (tertiary/aromatic N) is 2. The second-order valence-corrected chi connectivity index (χ2v) is 27.0. The summed E-state index contributed by atoms with van der Waals surface area (Å²) in [5, 5.41) is 20.2. The Morgan fingerprint density at radius 2 is 0.557 bits per heavy atom. The van der Waals surface area contributed by atoms with Gasteiger partial charge in [-0.15, -0.1) is 0 Å². The Kier molecular flexibility index (Phi) is 10.5. The summed E-state index contributed by atoms with van der Waals surface area (Å²) in [5.74, 6) is 0. The molecule has 16 aromatic rings. The highest BCUT2D eigenvalue weighted by atomic mass is 15.2. The molecular formula is C86H64N2. The molecule has 18 rings (SSSR count). The van der Waals surface area contributed by atoms with Gasteiger partial charge < -0.3 is 9.80 Å². The Morgan fingerprint density at radius 3 is 0.943 bits per heavy atom. The summed E-state index contributed by atoms with van der Waals surface area (Å²) in [6, 6.07) is 107. The molecule has 0 radical (unpaired) electrons. The SMILES string of the molecule is CC(C)(C)C1(C2(C(C)(C)C)c3ccccc3-c3c2cc(N(c2ccccc2)c2ccc4ccc5cccc6ccc2c4c56)c2ccccc32)c2ccccc2-c2c1cc(N(c1ccccc1)c1ccc3ccc4cccc5ccc1c3c45)c1ccccc21. The van der Waals surface area contributed by atoms with E-state index in [0.717, 1.165) is 34.1 Å². The van der Waals surface area contributed by atoms with Crippen LogP contribution in [-0.2, 0) is 10.8 Å². The fourth-order valence-corrected chi connectivity index (χ4v) is 17.9. The van der Waals surface area contributed by atoms with Crippen LogP contribution >= 0.6 is 0 Å². The van der Waals surface area contributed by atoms with Crippen molar-refractivity contribution in [2.75, 3.05) is 9.80 Å². The monoisotopic (exact) mass is 1120 g/mol. The number of rotatable bonds is 7. The fraction of sp³-hybridized carbons (Fsp3) is 0.116. The molecule has 0 spiro atoms. The van der Waals surface area contributed by atoms with Crippen LogP contribution in [0, 0.1) is 10.8 Å². The maximum atomic E-state index is 2.69. The third-order valence-corrected chi connectivity index (χ3v) is 20.9. The van der Waals surface area contributed by atoms with Crippen molar-refractivity contribution >= 4 is 120 Å². The van der Waals surface area contributed by atoms with Crippen LogP contribution in [0.3, 0.4) is 0 Å². The quantitative estimate of drug-likeness (QED) is 0.147. The molecule has 0 amide bonds. The minimum atomic E-state index is -0.723. The van der Waals surface area contributed by atoms with Gasteiger partial charge in [-0.25, -0.2) is 0 Å². The molecule has 2 aliphatic rings. The molecule has 2 unspecified atom stereocenters. The lowest BCUT2D eigenvalue weighted by molar-refractivity contribution is 0.0595. The van der Waals surface area contributed by atoms with Crippen molar-refractivity contribution in [2.24, 2.45) is 10.8 Å². The van der Waals surface area contributed by atoms with Crippen molar-refractivity contribution in [3.8, 4) is 22.3 Å². The summed E-state index contributed by atoms with van der Waals surface area (Å²) in [5.41, 5.74) is 15.3. The van der Waals surface area contributed by atoms with E-state index >= 15 is 0 Å². The van der Waals surface area contributed by atoms with E-state index in [2.05, 4.69) is 330 Å². The standard InChI is InChI=1S/C86H64N2/c1-83(2,3)85(69-37-19-17-35-65(69)81-63-33-15-13-31-61(63)75(51-71(81)85)87(59-27-9-7-10-28-59)73-49-45-57-41-39-53-23-21-25-55-43-47-67(73)79(57)77(53)55)86(84(4,5)6)70-38-20-18-36-66(70)82-64-34-16-14-32-62(64)76(52-72(82)86)88(60-29-11-8-12-30-60)74-50-46-58-42-40-54-24-22-26-56-44-48-68(74)80(58)78(54)56/h7-52H,1-6H3. The topological polar surface area (TPSA) is 6.48 Å². The lowest BCUT2D eigenvalue weighted by Gasteiger charge is -2.62. The van der Waals surface area contributed by atoms with Crippen LogP contribution in [0.2, 0.25) is 0 Å². The molecule has 2 nitrogen and oxygen atoms in total. The molecule has 2 atom stereocenters. The van der Waals surface area contributed by atoms with Crippen LogP contribution in [0.1, 0.15) is 63.8 Å². The highest BCUT2D eigenvalue weighted by Crippen LogP contribution is 2.76. The lowest BCUT2D eigenvalue weighted by Crippen LogP contribution is -2.62. The Bertz CT molecular complexity index is 5170. The van der Waals surface area contributed by atoms with Crippen molar-refractivity contribution in [2.45, 2.75) is 52.4 Å². The first-order chi connectivity index (χ1) is 43.0.